The number of aromatic carboxylic acids is 1. The molecule has 0 saturated carbocycles. The van der Waals surface area contributed by atoms with Crippen molar-refractivity contribution in [3.63, 3.8) is 0 Å². The van der Waals surface area contributed by atoms with Crippen LogP contribution in [0.4, 0.5) is 5.69 Å². The number of hydrogen-bond acceptors (Lipinski definition) is 3. The molecule has 0 aliphatic carbocycles. The molecule has 0 radical (unpaired) electrons. The van der Waals surface area contributed by atoms with Crippen LogP contribution in [0.15, 0.2) is 36.4 Å². The highest BCUT2D eigenvalue weighted by molar-refractivity contribution is 6.35. The number of nitrogens with one attached hydrogen (secondary N) is 1. The number of benzene rings is 2. The number of carbonyl (C=O) groups is 1. The smallest absolute Gasteiger partial charge is 0.335 e. The summed E-state index contributed by atoms with van der Waals surface area (Å²) in [4.78, 5) is 11.3. The van der Waals surface area contributed by atoms with Crippen LogP contribution in [-0.4, -0.2) is 17.7 Å². The highest BCUT2D eigenvalue weighted by Gasteiger charge is 2.40. The zero-order valence-corrected chi connectivity index (χ0v) is 14.8. The van der Waals surface area contributed by atoms with Gasteiger partial charge in [0.2, 0.25) is 0 Å². The van der Waals surface area contributed by atoms with Crippen molar-refractivity contribution >= 4 is 34.9 Å². The van der Waals surface area contributed by atoms with Gasteiger partial charge in [-0.2, -0.15) is 0 Å². The molecular weight excluding hydrogens is 361 g/mol. The van der Waals surface area contributed by atoms with E-state index in [9.17, 15) is 9.90 Å². The third-order valence-corrected chi connectivity index (χ3v) is 5.57. The fourth-order valence-corrected chi connectivity index (χ4v) is 4.39. The molecule has 0 spiro atoms. The summed E-state index contributed by atoms with van der Waals surface area (Å²) < 4.78 is 6.06. The van der Waals surface area contributed by atoms with Crippen LogP contribution in [0, 0.1) is 5.92 Å². The molecule has 4 rings (SSSR count). The Bertz CT molecular complexity index is 839. The van der Waals surface area contributed by atoms with Crippen molar-refractivity contribution in [1.82, 2.24) is 0 Å². The number of carboxylic acids is 1. The minimum Gasteiger partial charge on any atom is -0.478 e. The van der Waals surface area contributed by atoms with Crippen LogP contribution in [0.25, 0.3) is 0 Å². The summed E-state index contributed by atoms with van der Waals surface area (Å²) in [6.07, 6.45) is 1.82. The predicted molar refractivity (Wildman–Crippen MR) is 97.6 cm³/mol. The molecule has 3 atom stereocenters. The number of ether oxygens (including phenoxy) is 1. The van der Waals surface area contributed by atoms with Gasteiger partial charge in [0.25, 0.3) is 0 Å². The number of fused-ring (bicyclic) bond motifs is 3. The van der Waals surface area contributed by atoms with Crippen LogP contribution in [-0.2, 0) is 4.74 Å². The van der Waals surface area contributed by atoms with Crippen molar-refractivity contribution in [2.24, 2.45) is 5.92 Å². The number of carboxylic acid groups (broad SMARTS) is 1. The quantitative estimate of drug-likeness (QED) is 0.742. The molecule has 2 aromatic rings. The number of rotatable bonds is 2. The lowest BCUT2D eigenvalue weighted by molar-refractivity contribution is -0.0381. The molecule has 4 nitrogen and oxygen atoms in total. The maximum absolute atomic E-state index is 11.3. The maximum Gasteiger partial charge on any atom is 0.335 e. The number of hydrogen-bond donors (Lipinski definition) is 2. The van der Waals surface area contributed by atoms with Crippen LogP contribution in [0.3, 0.4) is 0 Å². The van der Waals surface area contributed by atoms with E-state index >= 15 is 0 Å². The molecule has 2 N–H and O–H groups in total. The van der Waals surface area contributed by atoms with Gasteiger partial charge in [0.05, 0.1) is 17.7 Å². The van der Waals surface area contributed by atoms with E-state index in [-0.39, 0.29) is 23.6 Å². The van der Waals surface area contributed by atoms with E-state index in [0.717, 1.165) is 29.7 Å². The average molecular weight is 378 g/mol. The largest absolute Gasteiger partial charge is 0.478 e. The average Bonchev–Trinajstić information content (AvgIpc) is 2.61. The molecule has 0 aromatic heterocycles. The first kappa shape index (κ1) is 16.7. The van der Waals surface area contributed by atoms with E-state index in [1.54, 1.807) is 18.2 Å². The summed E-state index contributed by atoms with van der Waals surface area (Å²) in [5.74, 6) is -0.748. The Hall–Kier alpha value is -1.75. The van der Waals surface area contributed by atoms with Crippen molar-refractivity contribution in [1.29, 1.82) is 0 Å². The molecule has 130 valence electrons. The van der Waals surface area contributed by atoms with Gasteiger partial charge in [-0.1, -0.05) is 29.3 Å². The maximum atomic E-state index is 11.3. The third kappa shape index (κ3) is 2.99. The van der Waals surface area contributed by atoms with E-state index in [1.165, 1.54) is 0 Å². The summed E-state index contributed by atoms with van der Waals surface area (Å²) >= 11 is 12.5. The fraction of sp³-hybridized carbons (Fsp3) is 0.316. The Labute approximate surface area is 155 Å². The van der Waals surface area contributed by atoms with Gasteiger partial charge in [0, 0.05) is 33.8 Å². The van der Waals surface area contributed by atoms with Crippen LogP contribution < -0.4 is 5.32 Å². The first-order valence-corrected chi connectivity index (χ1v) is 9.00. The molecule has 6 heteroatoms. The van der Waals surface area contributed by atoms with Crippen LogP contribution in [0.1, 0.15) is 46.5 Å². The molecule has 1 fully saturated rings. The van der Waals surface area contributed by atoms with Crippen molar-refractivity contribution in [3.05, 3.63) is 63.1 Å². The summed E-state index contributed by atoms with van der Waals surface area (Å²) in [5, 5.41) is 14.1. The van der Waals surface area contributed by atoms with Crippen LogP contribution in [0.5, 0.6) is 0 Å². The Morgan fingerprint density at radius 2 is 2.00 bits per heavy atom. The standard InChI is InChI=1S/C19H17Cl2NO3/c20-11-4-5-12(15(21)9-11)17-13-2-1-7-25-18(13)14-8-10(19(23)24)3-6-16(14)22-17/h3-6,8-9,13,17-18,22H,1-2,7H2,(H,23,24)/t13-,17-,18-/m1/s1. The first-order chi connectivity index (χ1) is 12.0. The van der Waals surface area contributed by atoms with Gasteiger partial charge < -0.3 is 15.2 Å². The molecule has 2 aliphatic rings. The van der Waals surface area contributed by atoms with Gasteiger partial charge in [-0.05, 0) is 48.7 Å². The second-order valence-electron chi connectivity index (χ2n) is 6.49. The molecule has 0 bridgehead atoms. The Morgan fingerprint density at radius 3 is 2.76 bits per heavy atom. The highest BCUT2D eigenvalue weighted by atomic mass is 35.5. The third-order valence-electron chi connectivity index (χ3n) is 5.01. The molecular formula is C19H17Cl2NO3. The van der Waals surface area contributed by atoms with Crippen LogP contribution in [0.2, 0.25) is 10.0 Å². The Morgan fingerprint density at radius 1 is 1.16 bits per heavy atom. The zero-order valence-electron chi connectivity index (χ0n) is 13.3. The van der Waals surface area contributed by atoms with Gasteiger partial charge in [-0.25, -0.2) is 4.79 Å². The summed E-state index contributed by atoms with van der Waals surface area (Å²) in [5.41, 5.74) is 3.06. The van der Waals surface area contributed by atoms with Gasteiger partial charge in [0.15, 0.2) is 0 Å². The van der Waals surface area contributed by atoms with E-state index < -0.39 is 5.97 Å². The Balaban J connectivity index is 1.79. The SMILES string of the molecule is O=C(O)c1ccc2c(c1)[C@@H]1OCCC[C@@H]1[C@@H](c1ccc(Cl)cc1Cl)N2. The monoisotopic (exact) mass is 377 g/mol. The summed E-state index contributed by atoms with van der Waals surface area (Å²) in [7, 11) is 0. The highest BCUT2D eigenvalue weighted by Crippen LogP contribution is 2.50. The van der Waals surface area contributed by atoms with Crippen LogP contribution >= 0.6 is 23.2 Å². The van der Waals surface area contributed by atoms with E-state index in [1.807, 2.05) is 18.2 Å². The topological polar surface area (TPSA) is 58.6 Å². The van der Waals surface area contributed by atoms with Crippen molar-refractivity contribution in [3.8, 4) is 0 Å². The number of halogens is 2. The van der Waals surface area contributed by atoms with Gasteiger partial charge >= 0.3 is 5.97 Å². The molecule has 25 heavy (non-hydrogen) atoms. The molecule has 0 unspecified atom stereocenters. The zero-order chi connectivity index (χ0) is 17.6. The van der Waals surface area contributed by atoms with E-state index in [2.05, 4.69) is 5.32 Å². The second-order valence-corrected chi connectivity index (χ2v) is 7.34. The summed E-state index contributed by atoms with van der Waals surface area (Å²) in [6.45, 7) is 0.680. The van der Waals surface area contributed by atoms with E-state index in [0.29, 0.717) is 16.7 Å². The van der Waals surface area contributed by atoms with Gasteiger partial charge in [-0.15, -0.1) is 0 Å². The first-order valence-electron chi connectivity index (χ1n) is 8.25. The van der Waals surface area contributed by atoms with E-state index in [4.69, 9.17) is 27.9 Å². The molecule has 1 saturated heterocycles. The molecule has 2 heterocycles. The van der Waals surface area contributed by atoms with Crippen molar-refractivity contribution in [2.75, 3.05) is 11.9 Å². The van der Waals surface area contributed by atoms with Gasteiger partial charge in [0.1, 0.15) is 0 Å². The lowest BCUT2D eigenvalue weighted by Gasteiger charge is -2.43. The molecule has 0 amide bonds. The predicted octanol–water partition coefficient (Wildman–Crippen LogP) is 5.33. The lowest BCUT2D eigenvalue weighted by atomic mass is 9.77. The lowest BCUT2D eigenvalue weighted by Crippen LogP contribution is -2.36. The summed E-state index contributed by atoms with van der Waals surface area (Å²) in [6, 6.07) is 10.7. The normalized spacial score (nSPS) is 24.8. The van der Waals surface area contributed by atoms with Crippen molar-refractivity contribution < 1.29 is 14.6 Å². The van der Waals surface area contributed by atoms with Crippen molar-refractivity contribution in [2.45, 2.75) is 25.0 Å². The van der Waals surface area contributed by atoms with Gasteiger partial charge in [-0.3, -0.25) is 0 Å². The molecule has 2 aromatic carbocycles. The second kappa shape index (κ2) is 6.52. The number of anilines is 1. The minimum atomic E-state index is -0.932. The Kier molecular flexibility index (Phi) is 4.36. The fourth-order valence-electron chi connectivity index (χ4n) is 3.87. The molecule has 2 aliphatic heterocycles. The minimum absolute atomic E-state index is 0.00163.